The summed E-state index contributed by atoms with van der Waals surface area (Å²) in [5.74, 6) is -0.744. The minimum absolute atomic E-state index is 0.122. The first kappa shape index (κ1) is 21.1. The van der Waals surface area contributed by atoms with Gasteiger partial charge in [-0.25, -0.2) is 4.98 Å². The van der Waals surface area contributed by atoms with Crippen molar-refractivity contribution in [1.29, 1.82) is 0 Å². The second-order valence-electron chi connectivity index (χ2n) is 5.48. The summed E-state index contributed by atoms with van der Waals surface area (Å²) in [5, 5.41) is 2.61. The average molecular weight is 459 g/mol. The van der Waals surface area contributed by atoms with Crippen LogP contribution in [0.4, 0.5) is 26.3 Å². The molecule has 0 aromatic carbocycles. The molecule has 0 saturated heterocycles. The number of aromatic nitrogens is 4. The van der Waals surface area contributed by atoms with Gasteiger partial charge in [0.15, 0.2) is 0 Å². The van der Waals surface area contributed by atoms with Gasteiger partial charge in [0.25, 0.3) is 5.56 Å². The summed E-state index contributed by atoms with van der Waals surface area (Å²) < 4.78 is 83.7. The second kappa shape index (κ2) is 7.34. The lowest BCUT2D eigenvalue weighted by Crippen LogP contribution is -2.23. The first-order valence-corrected chi connectivity index (χ1v) is 8.29. The minimum Gasteiger partial charge on any atom is -0.338 e. The summed E-state index contributed by atoms with van der Waals surface area (Å²) in [4.78, 5) is 19.7. The maximum absolute atomic E-state index is 13.1. The van der Waals surface area contributed by atoms with Crippen molar-refractivity contribution in [3.63, 3.8) is 0 Å². The van der Waals surface area contributed by atoms with E-state index in [9.17, 15) is 31.1 Å². The lowest BCUT2D eigenvalue weighted by molar-refractivity contribution is -0.138. The van der Waals surface area contributed by atoms with Crippen LogP contribution >= 0.6 is 23.2 Å². The van der Waals surface area contributed by atoms with Crippen LogP contribution in [0.5, 0.6) is 0 Å². The number of hydrogen-bond acceptors (Lipinski definition) is 5. The normalized spacial score (nSPS) is 12.4. The van der Waals surface area contributed by atoms with Crippen LogP contribution in [0.15, 0.2) is 33.8 Å². The molecule has 0 saturated carbocycles. The molecule has 0 N–H and O–H groups in total. The molecule has 0 fully saturated rings. The number of nitrogens with zero attached hydrogens (tertiary/aromatic N) is 4. The van der Waals surface area contributed by atoms with Crippen molar-refractivity contribution in [2.75, 3.05) is 0 Å². The molecule has 3 rings (SSSR count). The Morgan fingerprint density at radius 2 is 1.72 bits per heavy atom. The van der Waals surface area contributed by atoms with Crippen LogP contribution in [0.2, 0.25) is 5.02 Å². The second-order valence-corrected chi connectivity index (χ2v) is 6.16. The third kappa shape index (κ3) is 4.22. The molecule has 0 aliphatic carbocycles. The maximum Gasteiger partial charge on any atom is 0.417 e. The Kier molecular flexibility index (Phi) is 5.34. The number of rotatable bonds is 3. The largest absolute Gasteiger partial charge is 0.417 e. The molecule has 0 bridgehead atoms. The molecule has 6 nitrogen and oxygen atoms in total. The number of halogens is 8. The van der Waals surface area contributed by atoms with E-state index in [2.05, 4.69) is 15.1 Å². The third-order valence-corrected chi connectivity index (χ3v) is 4.05. The molecule has 0 radical (unpaired) electrons. The van der Waals surface area contributed by atoms with Crippen molar-refractivity contribution in [2.45, 2.75) is 18.2 Å². The first-order chi connectivity index (χ1) is 13.4. The Morgan fingerprint density at radius 1 is 1.07 bits per heavy atom. The molecule has 0 aliphatic rings. The van der Waals surface area contributed by atoms with Crippen LogP contribution < -0.4 is 5.56 Å². The van der Waals surface area contributed by atoms with Gasteiger partial charge in [0.2, 0.25) is 11.7 Å². The lowest BCUT2D eigenvalue weighted by atomic mass is 10.2. The zero-order valence-electron chi connectivity index (χ0n) is 13.6. The highest BCUT2D eigenvalue weighted by atomic mass is 35.5. The third-order valence-electron chi connectivity index (χ3n) is 3.55. The van der Waals surface area contributed by atoms with Crippen molar-refractivity contribution in [3.8, 4) is 17.2 Å². The lowest BCUT2D eigenvalue weighted by Gasteiger charge is -2.15. The molecular weight excluding hydrogens is 453 g/mol. The fraction of sp³-hybridized carbons (Fsp3) is 0.200. The molecule has 14 heteroatoms. The quantitative estimate of drug-likeness (QED) is 0.419. The highest BCUT2D eigenvalue weighted by Crippen LogP contribution is 2.34. The van der Waals surface area contributed by atoms with Gasteiger partial charge >= 0.3 is 12.4 Å². The molecule has 3 heterocycles. The topological polar surface area (TPSA) is 73.8 Å². The summed E-state index contributed by atoms with van der Waals surface area (Å²) in [7, 11) is 0. The van der Waals surface area contributed by atoms with Gasteiger partial charge in [-0.3, -0.25) is 9.36 Å². The summed E-state index contributed by atoms with van der Waals surface area (Å²) in [5.41, 5.74) is -5.02. The average Bonchev–Trinajstić information content (AvgIpc) is 3.10. The van der Waals surface area contributed by atoms with E-state index in [1.165, 1.54) is 0 Å². The van der Waals surface area contributed by atoms with Crippen LogP contribution in [0.25, 0.3) is 17.2 Å². The maximum atomic E-state index is 13.1. The minimum atomic E-state index is -4.92. The monoisotopic (exact) mass is 458 g/mol. The van der Waals surface area contributed by atoms with E-state index >= 15 is 0 Å². The van der Waals surface area contributed by atoms with E-state index in [1.54, 1.807) is 0 Å². The van der Waals surface area contributed by atoms with E-state index in [1.807, 2.05) is 0 Å². The van der Waals surface area contributed by atoms with E-state index in [0.717, 1.165) is 0 Å². The molecule has 154 valence electrons. The number of alkyl halides is 7. The highest BCUT2D eigenvalue weighted by Gasteiger charge is 2.35. The van der Waals surface area contributed by atoms with Crippen molar-refractivity contribution < 1.29 is 30.9 Å². The van der Waals surface area contributed by atoms with Gasteiger partial charge in [-0.15, -0.1) is 11.6 Å². The van der Waals surface area contributed by atoms with E-state index in [0.29, 0.717) is 29.1 Å². The summed E-state index contributed by atoms with van der Waals surface area (Å²) in [6.45, 7) is 0. The van der Waals surface area contributed by atoms with E-state index < -0.39 is 45.4 Å². The number of hydrogen-bond donors (Lipinski definition) is 0. The van der Waals surface area contributed by atoms with Crippen molar-refractivity contribution in [3.05, 3.63) is 56.9 Å². The summed E-state index contributed by atoms with van der Waals surface area (Å²) in [6, 6.07) is 0.790. The Bertz CT molecular complexity index is 1120. The standard InChI is InChI=1S/C15H6Cl2F6N4O2/c16-3-10-25-12(26-29-10)11-9(2-6(4-24-11)14(18,19)20)27-5-7(15(21,22)23)1-8(17)13(27)28/h1-2,4-5H,3H2. The molecule has 29 heavy (non-hydrogen) atoms. The smallest absolute Gasteiger partial charge is 0.338 e. The van der Waals surface area contributed by atoms with Gasteiger partial charge < -0.3 is 4.52 Å². The van der Waals surface area contributed by atoms with Gasteiger partial charge in [0, 0.05) is 12.4 Å². The van der Waals surface area contributed by atoms with Gasteiger partial charge in [-0.05, 0) is 12.1 Å². The van der Waals surface area contributed by atoms with Gasteiger partial charge in [0.05, 0.1) is 16.8 Å². The Hall–Kier alpha value is -2.60. The highest BCUT2D eigenvalue weighted by molar-refractivity contribution is 6.30. The molecule has 3 aromatic heterocycles. The van der Waals surface area contributed by atoms with Crippen molar-refractivity contribution in [1.82, 2.24) is 19.7 Å². The van der Waals surface area contributed by atoms with E-state index in [4.69, 9.17) is 27.7 Å². The summed E-state index contributed by atoms with van der Waals surface area (Å²) in [6.07, 6.45) is -9.10. The molecule has 3 aromatic rings. The van der Waals surface area contributed by atoms with Gasteiger partial charge in [-0.2, -0.15) is 31.3 Å². The van der Waals surface area contributed by atoms with Crippen molar-refractivity contribution in [2.24, 2.45) is 0 Å². The Morgan fingerprint density at radius 3 is 2.28 bits per heavy atom. The number of pyridine rings is 2. The molecule has 0 amide bonds. The zero-order chi connectivity index (χ0) is 21.6. The fourth-order valence-corrected chi connectivity index (χ4v) is 2.57. The van der Waals surface area contributed by atoms with E-state index in [-0.39, 0.29) is 17.6 Å². The molecule has 0 aliphatic heterocycles. The van der Waals surface area contributed by atoms with Crippen LogP contribution in [-0.4, -0.2) is 19.7 Å². The van der Waals surface area contributed by atoms with Crippen molar-refractivity contribution >= 4 is 23.2 Å². The molecule has 0 spiro atoms. The Labute approximate surface area is 166 Å². The Balaban J connectivity index is 2.35. The fourth-order valence-electron chi connectivity index (χ4n) is 2.25. The first-order valence-electron chi connectivity index (χ1n) is 7.37. The predicted molar refractivity (Wildman–Crippen MR) is 87.7 cm³/mol. The van der Waals surface area contributed by atoms with Gasteiger partial charge in [-0.1, -0.05) is 16.8 Å². The van der Waals surface area contributed by atoms with Crippen LogP contribution in [0.1, 0.15) is 17.0 Å². The predicted octanol–water partition coefficient (Wildman–Crippen LogP) is 4.71. The molecule has 0 atom stereocenters. The SMILES string of the molecule is O=c1c(Cl)cc(C(F)(F)F)cn1-c1cc(C(F)(F)F)cnc1-c1noc(CCl)n1. The van der Waals surface area contributed by atoms with Crippen LogP contribution in [-0.2, 0) is 18.2 Å². The van der Waals surface area contributed by atoms with Crippen LogP contribution in [0.3, 0.4) is 0 Å². The van der Waals surface area contributed by atoms with Gasteiger partial charge in [0.1, 0.15) is 16.6 Å². The molecule has 0 unspecified atom stereocenters. The molecular formula is C15H6Cl2F6N4O2. The summed E-state index contributed by atoms with van der Waals surface area (Å²) >= 11 is 11.1. The zero-order valence-corrected chi connectivity index (χ0v) is 15.2. The van der Waals surface area contributed by atoms with Crippen LogP contribution in [0, 0.1) is 0 Å².